The van der Waals surface area contributed by atoms with Gasteiger partial charge in [-0.2, -0.15) is 0 Å². The Labute approximate surface area is 163 Å². The van der Waals surface area contributed by atoms with E-state index in [0.29, 0.717) is 33.4 Å². The highest BCUT2D eigenvalue weighted by Crippen LogP contribution is 2.60. The Balaban J connectivity index is 1.57. The van der Waals surface area contributed by atoms with Gasteiger partial charge in [-0.15, -0.1) is 0 Å². The lowest BCUT2D eigenvalue weighted by Crippen LogP contribution is -2.54. The highest BCUT2D eigenvalue weighted by atomic mass is 35.5. The van der Waals surface area contributed by atoms with Gasteiger partial charge in [-0.1, -0.05) is 29.3 Å². The van der Waals surface area contributed by atoms with Crippen LogP contribution in [0, 0.1) is 23.2 Å². The summed E-state index contributed by atoms with van der Waals surface area (Å²) in [5.74, 6) is 1.01. The van der Waals surface area contributed by atoms with E-state index < -0.39 is 12.0 Å². The molecule has 1 aromatic rings. The van der Waals surface area contributed by atoms with Crippen molar-refractivity contribution in [2.45, 2.75) is 51.0 Å². The molecule has 4 nitrogen and oxygen atoms in total. The van der Waals surface area contributed by atoms with Gasteiger partial charge in [0, 0.05) is 15.5 Å². The van der Waals surface area contributed by atoms with Crippen LogP contribution in [0.25, 0.3) is 0 Å². The van der Waals surface area contributed by atoms with E-state index in [1.807, 2.05) is 0 Å². The molecule has 140 valence electrons. The lowest BCUT2D eigenvalue weighted by atomic mass is 9.49. The number of hydrogen-bond donors (Lipinski definition) is 2. The first-order valence-electron chi connectivity index (χ1n) is 9.32. The van der Waals surface area contributed by atoms with Crippen molar-refractivity contribution in [1.82, 2.24) is 5.32 Å². The highest BCUT2D eigenvalue weighted by Gasteiger charge is 2.54. The standard InChI is InChI=1S/C20H23Cl2NO3/c21-14-1-2-15(16(22)6-14)17(7-18(24)25)23-19(26)20-8-11-3-12(9-20)5-13(4-11)10-20/h1-2,6,11-13,17H,3-5,7-10H2,(H,23,26)(H,24,25). The van der Waals surface area contributed by atoms with Gasteiger partial charge in [-0.25, -0.2) is 0 Å². The van der Waals surface area contributed by atoms with E-state index >= 15 is 0 Å². The summed E-state index contributed by atoms with van der Waals surface area (Å²) in [6.07, 6.45) is 6.41. The van der Waals surface area contributed by atoms with E-state index in [1.165, 1.54) is 19.3 Å². The molecule has 1 unspecified atom stereocenters. The van der Waals surface area contributed by atoms with Crippen molar-refractivity contribution in [2.24, 2.45) is 23.2 Å². The average Bonchev–Trinajstić information content (AvgIpc) is 2.52. The minimum absolute atomic E-state index is 0.00821. The van der Waals surface area contributed by atoms with Crippen molar-refractivity contribution in [3.8, 4) is 0 Å². The summed E-state index contributed by atoms with van der Waals surface area (Å²) in [6, 6.07) is 4.33. The zero-order valence-electron chi connectivity index (χ0n) is 14.5. The van der Waals surface area contributed by atoms with Crippen molar-refractivity contribution in [3.05, 3.63) is 33.8 Å². The van der Waals surface area contributed by atoms with Crippen LogP contribution >= 0.6 is 23.2 Å². The number of amides is 1. The molecule has 0 aromatic heterocycles. The molecule has 4 saturated carbocycles. The van der Waals surface area contributed by atoms with Crippen LogP contribution < -0.4 is 5.32 Å². The van der Waals surface area contributed by atoms with Gasteiger partial charge in [-0.05, 0) is 74.0 Å². The average molecular weight is 396 g/mol. The number of aliphatic carboxylic acids is 1. The Morgan fingerprint density at radius 1 is 1.12 bits per heavy atom. The maximum absolute atomic E-state index is 13.3. The van der Waals surface area contributed by atoms with Crippen LogP contribution in [-0.4, -0.2) is 17.0 Å². The van der Waals surface area contributed by atoms with Crippen molar-refractivity contribution in [1.29, 1.82) is 0 Å². The third-order valence-corrected chi connectivity index (χ3v) is 7.10. The molecule has 0 heterocycles. The number of carbonyl (C=O) groups excluding carboxylic acids is 1. The second-order valence-electron chi connectivity index (χ2n) is 8.49. The first kappa shape index (κ1) is 18.1. The normalized spacial score (nSPS) is 33.1. The van der Waals surface area contributed by atoms with Gasteiger partial charge in [0.25, 0.3) is 0 Å². The molecule has 1 aromatic carbocycles. The molecule has 0 spiro atoms. The SMILES string of the molecule is O=C(O)CC(NC(=O)C12CC3CC(CC(C3)C1)C2)c1ccc(Cl)cc1Cl. The fourth-order valence-corrected chi connectivity index (χ4v) is 6.44. The molecule has 5 rings (SSSR count). The van der Waals surface area contributed by atoms with E-state index in [9.17, 15) is 14.7 Å². The fraction of sp³-hybridized carbons (Fsp3) is 0.600. The number of carbonyl (C=O) groups is 2. The first-order valence-corrected chi connectivity index (χ1v) is 10.1. The summed E-state index contributed by atoms with van der Waals surface area (Å²) in [4.78, 5) is 24.6. The van der Waals surface area contributed by atoms with Gasteiger partial charge in [-0.3, -0.25) is 9.59 Å². The molecule has 0 radical (unpaired) electrons. The van der Waals surface area contributed by atoms with Crippen LogP contribution in [0.2, 0.25) is 10.0 Å². The number of nitrogens with one attached hydrogen (secondary N) is 1. The van der Waals surface area contributed by atoms with Crippen LogP contribution in [0.5, 0.6) is 0 Å². The summed E-state index contributed by atoms with van der Waals surface area (Å²) in [5, 5.41) is 13.2. The fourth-order valence-electron chi connectivity index (χ4n) is 5.90. The van der Waals surface area contributed by atoms with Crippen LogP contribution in [-0.2, 0) is 9.59 Å². The molecule has 0 aliphatic heterocycles. The van der Waals surface area contributed by atoms with Crippen LogP contribution in [0.15, 0.2) is 18.2 Å². The smallest absolute Gasteiger partial charge is 0.305 e. The number of benzene rings is 1. The Hall–Kier alpha value is -1.26. The summed E-state index contributed by atoms with van der Waals surface area (Å²) < 4.78 is 0. The molecule has 2 N–H and O–H groups in total. The van der Waals surface area contributed by atoms with Crippen molar-refractivity contribution in [3.63, 3.8) is 0 Å². The minimum Gasteiger partial charge on any atom is -0.481 e. The molecule has 1 atom stereocenters. The molecule has 0 saturated heterocycles. The summed E-state index contributed by atoms with van der Waals surface area (Å²) in [5.41, 5.74) is 0.293. The van der Waals surface area contributed by atoms with Crippen LogP contribution in [0.3, 0.4) is 0 Å². The number of carboxylic acids is 1. The third kappa shape index (κ3) is 3.34. The monoisotopic (exact) mass is 395 g/mol. The molecular weight excluding hydrogens is 373 g/mol. The summed E-state index contributed by atoms with van der Waals surface area (Å²) in [7, 11) is 0. The second kappa shape index (κ2) is 6.72. The van der Waals surface area contributed by atoms with Gasteiger partial charge in [0.1, 0.15) is 0 Å². The Morgan fingerprint density at radius 2 is 1.69 bits per heavy atom. The number of rotatable bonds is 5. The third-order valence-electron chi connectivity index (χ3n) is 6.54. The molecule has 1 amide bonds. The van der Waals surface area contributed by atoms with E-state index in [2.05, 4.69) is 5.32 Å². The van der Waals surface area contributed by atoms with Crippen molar-refractivity contribution >= 4 is 35.1 Å². The summed E-state index contributed by atoms with van der Waals surface area (Å²) >= 11 is 12.2. The van der Waals surface area contributed by atoms with Gasteiger partial charge in [0.2, 0.25) is 5.91 Å². The minimum atomic E-state index is -0.966. The predicted molar refractivity (Wildman–Crippen MR) is 100 cm³/mol. The second-order valence-corrected chi connectivity index (χ2v) is 9.33. The first-order chi connectivity index (χ1) is 12.3. The largest absolute Gasteiger partial charge is 0.481 e. The van der Waals surface area contributed by atoms with E-state index in [4.69, 9.17) is 23.2 Å². The van der Waals surface area contributed by atoms with Crippen molar-refractivity contribution in [2.75, 3.05) is 0 Å². The van der Waals surface area contributed by atoms with Gasteiger partial charge in [0.05, 0.1) is 12.5 Å². The van der Waals surface area contributed by atoms with E-state index in [-0.39, 0.29) is 17.7 Å². The number of hydrogen-bond acceptors (Lipinski definition) is 2. The summed E-state index contributed by atoms with van der Waals surface area (Å²) in [6.45, 7) is 0. The highest BCUT2D eigenvalue weighted by molar-refractivity contribution is 6.35. The number of halogens is 2. The maximum Gasteiger partial charge on any atom is 0.305 e. The van der Waals surface area contributed by atoms with Gasteiger partial charge < -0.3 is 10.4 Å². The maximum atomic E-state index is 13.3. The van der Waals surface area contributed by atoms with Crippen LogP contribution in [0.1, 0.15) is 56.6 Å². The van der Waals surface area contributed by atoms with E-state index in [0.717, 1.165) is 19.3 Å². The lowest BCUT2D eigenvalue weighted by Gasteiger charge is -2.55. The molecule has 4 fully saturated rings. The number of carboxylic acid groups (broad SMARTS) is 1. The van der Waals surface area contributed by atoms with Crippen LogP contribution in [0.4, 0.5) is 0 Å². The zero-order valence-corrected chi connectivity index (χ0v) is 16.0. The quantitative estimate of drug-likeness (QED) is 0.748. The Bertz CT molecular complexity index is 713. The predicted octanol–water partition coefficient (Wildman–Crippen LogP) is 4.84. The zero-order chi connectivity index (χ0) is 18.5. The Kier molecular flexibility index (Phi) is 4.68. The molecule has 6 heteroatoms. The molecule has 26 heavy (non-hydrogen) atoms. The molecule has 4 bridgehead atoms. The van der Waals surface area contributed by atoms with E-state index in [1.54, 1.807) is 18.2 Å². The van der Waals surface area contributed by atoms with Crippen molar-refractivity contribution < 1.29 is 14.7 Å². The molecule has 4 aliphatic rings. The Morgan fingerprint density at radius 3 is 2.19 bits per heavy atom. The molecule has 4 aliphatic carbocycles. The lowest BCUT2D eigenvalue weighted by molar-refractivity contribution is -0.147. The topological polar surface area (TPSA) is 66.4 Å². The van der Waals surface area contributed by atoms with Gasteiger partial charge in [0.15, 0.2) is 0 Å². The van der Waals surface area contributed by atoms with Gasteiger partial charge >= 0.3 is 5.97 Å². The molecular formula is C20H23Cl2NO3.